The van der Waals surface area contributed by atoms with Crippen molar-refractivity contribution >= 4 is 81.5 Å². The zero-order valence-corrected chi connectivity index (χ0v) is 84.2. The Kier molecular flexibility index (Phi) is 30.8. The van der Waals surface area contributed by atoms with Crippen LogP contribution in [0.3, 0.4) is 0 Å². The number of fused-ring (bicyclic) bond motifs is 10. The maximum atomic E-state index is 13.7. The molecule has 12 fully saturated rings. The van der Waals surface area contributed by atoms with E-state index in [9.17, 15) is 93.5 Å². The zero-order chi connectivity index (χ0) is 104. The highest BCUT2D eigenvalue weighted by molar-refractivity contribution is 6.31. The molecule has 11 saturated carbocycles. The third kappa shape index (κ3) is 24.2. The number of hydrogen-bond donors (Lipinski definition) is 5. The van der Waals surface area contributed by atoms with E-state index in [4.69, 9.17) is 58.5 Å². The number of aryl methyl sites for hydroxylation is 1. The molecule has 147 heavy (non-hydrogen) atoms. The van der Waals surface area contributed by atoms with Crippen LogP contribution in [0.4, 0.5) is 50.1 Å². The molecule has 788 valence electrons. The molecule has 5 aromatic carbocycles. The Bertz CT molecular complexity index is 6150. The Labute approximate surface area is 859 Å². The van der Waals surface area contributed by atoms with Crippen LogP contribution in [0.1, 0.15) is 290 Å². The van der Waals surface area contributed by atoms with E-state index < -0.39 is 90.9 Å². The number of ketones is 5. The fourth-order valence-electron chi connectivity index (χ4n) is 24.4. The van der Waals surface area contributed by atoms with Gasteiger partial charge in [0.1, 0.15) is 47.3 Å². The van der Waals surface area contributed by atoms with Crippen molar-refractivity contribution in [3.8, 4) is 39.9 Å². The summed E-state index contributed by atoms with van der Waals surface area (Å²) < 4.78 is 159. The minimum absolute atomic E-state index is 0.00569. The first-order valence-electron chi connectivity index (χ1n) is 50.6. The van der Waals surface area contributed by atoms with Gasteiger partial charge in [-0.1, -0.05) is 46.9 Å². The number of aromatic nitrogens is 5. The summed E-state index contributed by atoms with van der Waals surface area (Å²) in [5.74, 6) is -2.99. The number of amides is 3. The third-order valence-electron chi connectivity index (χ3n) is 32.7. The molecule has 3 aromatic heterocycles. The monoisotopic (exact) mass is 2100 g/mol. The highest BCUT2D eigenvalue weighted by atomic mass is 35.5. The maximum absolute atomic E-state index is 13.7. The predicted octanol–water partition coefficient (Wildman–Crippen LogP) is 21.8. The van der Waals surface area contributed by atoms with Crippen LogP contribution >= 0.6 is 34.8 Å². The first-order valence-corrected chi connectivity index (χ1v) is 51.8. The SMILES string of the molecule is CC(F)(F)OC1CC(OCC(=O)NC23CCC(CC(=O)[C@H]4C[C@@H](O)c5cc(F)c(F)cc5O4)(CC2)CC3)C1.CC(F)(F)Oc1ccc(-c2cnn(C34CC(CC(=O)[C@H]5C[C@@H](O)c6cc(Cl)ccc6O5)(C3)C4)c2)cc1.CC(F)(F)c1ccc(CCC(=O)C23CCC(CC(=O)[C@@H]4C[C@@H](O)c5cc(Cl)ccc5O4)(CC2)CC3)nc1.CC(F)c1cnc(N2CCN(C3CCC(CC(=O)[C@H]4C[C@@H](O)c5cc(Cl)ccc5O4)CC3)C2=O)cn1. The predicted molar refractivity (Wildman–Crippen MR) is 520 cm³/mol. The van der Waals surface area contributed by atoms with Crippen molar-refractivity contribution < 1.29 is 127 Å². The van der Waals surface area contributed by atoms with Gasteiger partial charge in [0.2, 0.25) is 5.91 Å². The van der Waals surface area contributed by atoms with Crippen LogP contribution in [0, 0.1) is 39.2 Å². The van der Waals surface area contributed by atoms with Crippen molar-refractivity contribution in [2.24, 2.45) is 27.6 Å². The Balaban J connectivity index is 0.000000128. The van der Waals surface area contributed by atoms with Crippen LogP contribution < -0.4 is 33.9 Å². The molecule has 8 heterocycles. The van der Waals surface area contributed by atoms with Gasteiger partial charge < -0.3 is 63.8 Å². The number of nitrogens with zero attached hydrogens (tertiary/aromatic N) is 7. The van der Waals surface area contributed by atoms with Gasteiger partial charge in [-0.3, -0.25) is 48.3 Å². The molecule has 26 nitrogen and oxygen atoms in total. The quantitative estimate of drug-likeness (QED) is 0.0261. The summed E-state index contributed by atoms with van der Waals surface area (Å²) >= 11 is 18.1. The second kappa shape index (κ2) is 42.5. The Morgan fingerprint density at radius 1 is 0.531 bits per heavy atom. The minimum atomic E-state index is -3.23. The van der Waals surface area contributed by atoms with Crippen LogP contribution in [0.15, 0.2) is 134 Å². The molecule has 3 amide bonds. The molecular weight excluding hydrogens is 1990 g/mol. The van der Waals surface area contributed by atoms with E-state index >= 15 is 0 Å². The van der Waals surface area contributed by atoms with Gasteiger partial charge in [0, 0.05) is 194 Å². The second-order valence-electron chi connectivity index (χ2n) is 43.4. The van der Waals surface area contributed by atoms with Gasteiger partial charge in [-0.05, 0) is 248 Å². The number of benzene rings is 5. The number of carbonyl (C=O) groups is 7. The molecule has 1 unspecified atom stereocenters. The molecule has 6 bridgehead atoms. The Morgan fingerprint density at radius 3 is 1.51 bits per heavy atom. The lowest BCUT2D eigenvalue weighted by atomic mass is 9.38. The van der Waals surface area contributed by atoms with Crippen molar-refractivity contribution in [3.63, 3.8) is 0 Å². The first-order chi connectivity index (χ1) is 69.7. The number of urea groups is 1. The Hall–Kier alpha value is -10.4. The van der Waals surface area contributed by atoms with Crippen molar-refractivity contribution in [2.45, 2.75) is 329 Å². The number of hydrogen-bond acceptors (Lipinski definition) is 22. The number of Topliss-reactive ketones (excluding diaryl/α,β-unsaturated/α-hetero) is 5. The van der Waals surface area contributed by atoms with E-state index in [1.165, 1.54) is 43.7 Å². The smallest absolute Gasteiger partial charge is 0.394 e. The van der Waals surface area contributed by atoms with Crippen molar-refractivity contribution in [2.75, 3.05) is 24.6 Å². The number of pyridine rings is 1. The number of carbonyl (C=O) groups excluding carboxylic acids is 7. The molecule has 11 aliphatic carbocycles. The number of alkyl halides is 7. The highest BCUT2D eigenvalue weighted by Gasteiger charge is 2.70. The number of nitrogens with one attached hydrogen (secondary N) is 1. The van der Waals surface area contributed by atoms with Crippen LogP contribution in [-0.4, -0.2) is 171 Å². The topological polar surface area (TPSA) is 340 Å². The van der Waals surface area contributed by atoms with Crippen LogP contribution in [-0.2, 0) is 56.1 Å². The van der Waals surface area contributed by atoms with Gasteiger partial charge in [0.15, 0.2) is 65.0 Å². The largest absolute Gasteiger partial charge is 0.482 e. The molecule has 5 N–H and O–H groups in total. The molecule has 1 saturated heterocycles. The summed E-state index contributed by atoms with van der Waals surface area (Å²) in [6.45, 7) is 4.63. The summed E-state index contributed by atoms with van der Waals surface area (Å²) in [5.41, 5.74) is 3.35. The van der Waals surface area contributed by atoms with Crippen molar-refractivity contribution in [1.82, 2.24) is 34.9 Å². The summed E-state index contributed by atoms with van der Waals surface area (Å²) in [6.07, 6.45) is 11.7. The van der Waals surface area contributed by atoms with Gasteiger partial charge in [0.25, 0.3) is 5.92 Å². The van der Waals surface area contributed by atoms with Crippen molar-refractivity contribution in [3.05, 3.63) is 200 Å². The normalized spacial score (nSPS) is 29.6. The molecule has 5 aliphatic heterocycles. The van der Waals surface area contributed by atoms with E-state index in [-0.39, 0.29) is 159 Å². The molecule has 0 spiro atoms. The lowest BCUT2D eigenvalue weighted by Crippen LogP contribution is -2.68. The van der Waals surface area contributed by atoms with Crippen LogP contribution in [0.25, 0.3) is 11.1 Å². The molecule has 0 radical (unpaired) electrons. The Morgan fingerprint density at radius 2 is 1.03 bits per heavy atom. The van der Waals surface area contributed by atoms with Gasteiger partial charge in [-0.2, -0.15) is 22.7 Å². The third-order valence-corrected chi connectivity index (χ3v) is 33.4. The van der Waals surface area contributed by atoms with Gasteiger partial charge >= 0.3 is 18.2 Å². The second-order valence-corrected chi connectivity index (χ2v) is 44.7. The number of ether oxygens (including phenoxy) is 7. The molecule has 38 heteroatoms. The van der Waals surface area contributed by atoms with E-state index in [0.29, 0.717) is 132 Å². The average molecular weight is 2110 g/mol. The molecule has 24 rings (SSSR count). The molecule has 9 atom stereocenters. The van der Waals surface area contributed by atoms with Crippen LogP contribution in [0.5, 0.6) is 28.7 Å². The molecular formula is C109H120Cl3F9N8O18. The van der Waals surface area contributed by atoms with E-state index in [2.05, 4.69) is 34.8 Å². The van der Waals surface area contributed by atoms with Crippen LogP contribution in [0.2, 0.25) is 15.1 Å². The van der Waals surface area contributed by atoms with E-state index in [1.807, 2.05) is 15.8 Å². The fraction of sp³-hybridized carbons (Fsp3) is 0.550. The molecule has 8 aromatic rings. The zero-order valence-electron chi connectivity index (χ0n) is 81.9. The standard InChI is InChI=1S/C29H32ClF2NO4.C27H25ClF2N2O4.C27H33F4NO6.C26H30ClFN4O4/c1-27(31,32)18-2-4-20(33-17-18)5-7-26(36)29-11-8-28(9-12-29,10-13-29)16-23(35)25-15-22(34)21-14-19(30)3-6-24(21)37-25;1-25(29,30)36-19-5-2-16(3-6-19)17-11-31-32(12-17)27-13-26(14-27,15-27)10-22(34)24-9-21(33)20-8-18(28)4-7-23(20)35-24;1-25(30,31)38-16-8-15(9-16)36-14-24(35)32-27-5-2-26(3-6-27,4-7-27)13-21(34)23-12-20(33)17-10-18(28)19(29)11-22(17)37-23;1-15(28)20-13-30-25(14-29-20)32-9-8-31(26(32)35)18-5-2-16(3-6-18)10-22(34)24-12-21(33)19-11-17(27)4-7-23(19)36-24/h2-4,6,14,17,22,25,34H,5,7-13,15-16H2,1H3;2-8,11-12,21,24,33H,9-10,13-15H2,1H3;10-11,15-16,20,23,33H,2-9,12-14H2,1H3,(H,32,35);4,7,11,13-16,18,21,24,33H,2-3,5-6,8-10,12H2,1H3/t22-,25+,28?,29?;21-,24-,26?,27?;15?,16?,20-,23-,26?,27?;15?,16?,18?,21-,24-/m1111/s1. The highest BCUT2D eigenvalue weighted by Crippen LogP contribution is 2.73. The lowest BCUT2D eigenvalue weighted by Gasteiger charge is -2.70. The number of anilines is 1. The van der Waals surface area contributed by atoms with E-state index in [0.717, 1.165) is 152 Å². The molecule has 16 aliphatic rings. The summed E-state index contributed by atoms with van der Waals surface area (Å²) in [4.78, 5) is 107. The van der Waals surface area contributed by atoms with Gasteiger partial charge in [-0.15, -0.1) is 0 Å². The van der Waals surface area contributed by atoms with Crippen molar-refractivity contribution in [1.29, 1.82) is 0 Å². The summed E-state index contributed by atoms with van der Waals surface area (Å²) in [7, 11) is 0. The maximum Gasteiger partial charge on any atom is 0.394 e. The summed E-state index contributed by atoms with van der Waals surface area (Å²) in [6, 6.07) is 26.4. The first kappa shape index (κ1) is 106. The average Bonchev–Trinajstić information content (AvgIpc) is 1.64. The number of rotatable bonds is 30. The number of aliphatic hydroxyl groups is 4. The number of aliphatic hydroxyl groups excluding tert-OH is 4. The number of halogens is 12. The van der Waals surface area contributed by atoms with Gasteiger partial charge in [-0.25, -0.2) is 31.7 Å². The summed E-state index contributed by atoms with van der Waals surface area (Å²) in [5, 5.41) is 51.1. The minimum Gasteiger partial charge on any atom is -0.482 e. The van der Waals surface area contributed by atoms with Gasteiger partial charge in [0.05, 0.1) is 66.4 Å². The van der Waals surface area contributed by atoms with E-state index in [1.54, 1.807) is 83.9 Å². The fourth-order valence-corrected chi connectivity index (χ4v) is 24.9. The lowest BCUT2D eigenvalue weighted by molar-refractivity contribution is -0.275.